The molecule has 0 aromatic rings. The molecule has 0 saturated carbocycles. The number of likely N-dealkylation sites (tertiary alicyclic amines) is 1. The van der Waals surface area contributed by atoms with Gasteiger partial charge in [0.2, 0.25) is 0 Å². The predicted molar refractivity (Wildman–Crippen MR) is 68.3 cm³/mol. The second-order valence-corrected chi connectivity index (χ2v) is 4.68. The minimum atomic E-state index is 0.683. The summed E-state index contributed by atoms with van der Waals surface area (Å²) in [5.41, 5.74) is 5.53. The van der Waals surface area contributed by atoms with Crippen molar-refractivity contribution < 1.29 is 4.74 Å². The minimum absolute atomic E-state index is 0.683. The van der Waals surface area contributed by atoms with E-state index >= 15 is 0 Å². The number of hydrazine groups is 2. The zero-order chi connectivity index (χ0) is 12.4. The molecule has 0 aromatic carbocycles. The molecule has 0 amide bonds. The third kappa shape index (κ3) is 2.19. The number of hydrogen-bond donors (Lipinski definition) is 2. The van der Waals surface area contributed by atoms with E-state index in [1.165, 1.54) is 0 Å². The fourth-order valence-electron chi connectivity index (χ4n) is 2.44. The molecule has 3 aliphatic rings. The van der Waals surface area contributed by atoms with Gasteiger partial charge in [-0.25, -0.2) is 5.53 Å². The lowest BCUT2D eigenvalue weighted by atomic mass is 9.97. The number of piperidine rings is 1. The molecule has 7 nitrogen and oxygen atoms in total. The number of methoxy groups -OCH3 is 1. The van der Waals surface area contributed by atoms with Crippen LogP contribution in [0.5, 0.6) is 0 Å². The van der Waals surface area contributed by atoms with Crippen molar-refractivity contribution in [2.45, 2.75) is 12.8 Å². The maximum atomic E-state index is 5.21. The van der Waals surface area contributed by atoms with Crippen molar-refractivity contribution in [1.82, 2.24) is 21.1 Å². The summed E-state index contributed by atoms with van der Waals surface area (Å²) >= 11 is 0. The molecule has 0 bridgehead atoms. The lowest BCUT2D eigenvalue weighted by Crippen LogP contribution is -2.44. The molecule has 18 heavy (non-hydrogen) atoms. The van der Waals surface area contributed by atoms with Crippen LogP contribution in [0.3, 0.4) is 0 Å². The van der Waals surface area contributed by atoms with Gasteiger partial charge in [0.25, 0.3) is 0 Å². The van der Waals surface area contributed by atoms with Gasteiger partial charge in [0.05, 0.1) is 0 Å². The quantitative estimate of drug-likeness (QED) is 0.714. The van der Waals surface area contributed by atoms with Gasteiger partial charge in [0.15, 0.2) is 11.7 Å². The van der Waals surface area contributed by atoms with Gasteiger partial charge in [0.1, 0.15) is 0 Å². The summed E-state index contributed by atoms with van der Waals surface area (Å²) in [6, 6.07) is 0. The smallest absolute Gasteiger partial charge is 0.189 e. The average molecular weight is 250 g/mol. The Balaban J connectivity index is 1.60. The number of hydrogen-bond acceptors (Lipinski definition) is 7. The summed E-state index contributed by atoms with van der Waals surface area (Å²) in [6.07, 6.45) is 6.29. The van der Waals surface area contributed by atoms with Crippen LogP contribution in [0.2, 0.25) is 0 Å². The van der Waals surface area contributed by atoms with Crippen LogP contribution < -0.4 is 11.1 Å². The molecular weight excluding hydrogens is 232 g/mol. The second kappa shape index (κ2) is 4.95. The van der Waals surface area contributed by atoms with Crippen LogP contribution in [0.1, 0.15) is 12.8 Å². The van der Waals surface area contributed by atoms with Crippen LogP contribution in [0.25, 0.3) is 0 Å². The molecule has 0 spiro atoms. The van der Waals surface area contributed by atoms with E-state index in [2.05, 4.69) is 26.2 Å². The Hall–Kier alpha value is -1.60. The van der Waals surface area contributed by atoms with Crippen molar-refractivity contribution >= 4 is 11.7 Å². The normalized spacial score (nSPS) is 23.6. The van der Waals surface area contributed by atoms with Gasteiger partial charge < -0.3 is 9.64 Å². The number of amidine groups is 2. The third-order valence-electron chi connectivity index (χ3n) is 3.47. The van der Waals surface area contributed by atoms with Crippen LogP contribution in [0, 0.1) is 5.92 Å². The Kier molecular flexibility index (Phi) is 3.16. The highest BCUT2D eigenvalue weighted by atomic mass is 16.5. The Morgan fingerprint density at radius 3 is 2.89 bits per heavy atom. The zero-order valence-corrected chi connectivity index (χ0v) is 10.5. The second-order valence-electron chi connectivity index (χ2n) is 4.68. The molecule has 0 aliphatic carbocycles. The van der Waals surface area contributed by atoms with E-state index in [-0.39, 0.29) is 0 Å². The highest BCUT2D eigenvalue weighted by Crippen LogP contribution is 2.19. The van der Waals surface area contributed by atoms with Gasteiger partial charge >= 0.3 is 0 Å². The van der Waals surface area contributed by atoms with E-state index in [9.17, 15) is 0 Å². The summed E-state index contributed by atoms with van der Waals surface area (Å²) in [4.78, 5) is 2.30. The topological polar surface area (TPSA) is 64.5 Å². The lowest BCUT2D eigenvalue weighted by molar-refractivity contribution is 0.118. The molecule has 0 aromatic heterocycles. The monoisotopic (exact) mass is 250 g/mol. The van der Waals surface area contributed by atoms with Crippen molar-refractivity contribution in [2.75, 3.05) is 26.8 Å². The van der Waals surface area contributed by atoms with Gasteiger partial charge in [0, 0.05) is 26.8 Å². The molecule has 7 heteroatoms. The maximum absolute atomic E-state index is 5.21. The Bertz CT molecular complexity index is 396. The molecule has 1 saturated heterocycles. The van der Waals surface area contributed by atoms with Crippen LogP contribution in [0.4, 0.5) is 0 Å². The van der Waals surface area contributed by atoms with Crippen LogP contribution in [-0.4, -0.2) is 48.5 Å². The summed E-state index contributed by atoms with van der Waals surface area (Å²) in [6.45, 7) is 2.93. The molecule has 98 valence electrons. The first kappa shape index (κ1) is 11.5. The summed E-state index contributed by atoms with van der Waals surface area (Å²) < 4.78 is 5.21. The van der Waals surface area contributed by atoms with Gasteiger partial charge in [-0.2, -0.15) is 5.12 Å². The van der Waals surface area contributed by atoms with Crippen molar-refractivity contribution in [3.63, 3.8) is 0 Å². The first-order chi connectivity index (χ1) is 8.86. The van der Waals surface area contributed by atoms with Crippen molar-refractivity contribution in [2.24, 2.45) is 16.1 Å². The van der Waals surface area contributed by atoms with E-state index in [1.54, 1.807) is 12.2 Å². The Morgan fingerprint density at radius 2 is 2.11 bits per heavy atom. The van der Waals surface area contributed by atoms with Gasteiger partial charge in [-0.3, -0.25) is 0 Å². The highest BCUT2D eigenvalue weighted by Gasteiger charge is 2.24. The molecule has 3 heterocycles. The van der Waals surface area contributed by atoms with E-state index in [0.29, 0.717) is 5.92 Å². The summed E-state index contributed by atoms with van der Waals surface area (Å²) in [7, 11) is 1.77. The third-order valence-corrected chi connectivity index (χ3v) is 3.47. The van der Waals surface area contributed by atoms with Crippen LogP contribution in [-0.2, 0) is 4.74 Å². The van der Waals surface area contributed by atoms with Crippen molar-refractivity contribution in [3.05, 3.63) is 12.2 Å². The van der Waals surface area contributed by atoms with Crippen LogP contribution >= 0.6 is 0 Å². The zero-order valence-electron chi connectivity index (χ0n) is 10.5. The fourth-order valence-corrected chi connectivity index (χ4v) is 2.44. The molecule has 2 N–H and O–H groups in total. The first-order valence-corrected chi connectivity index (χ1v) is 6.26. The molecule has 3 rings (SSSR count). The predicted octanol–water partition coefficient (Wildman–Crippen LogP) is -0.134. The van der Waals surface area contributed by atoms with Crippen LogP contribution in [0.15, 0.2) is 22.4 Å². The standard InChI is InChI=1S/C11H18N6O/c1-18-8-9-4-6-16(7-5-9)11-3-2-10-12-14-15-17(10)13-11/h2-3,9,14-15H,4-8H2,1H3. The number of ether oxygens (including phenoxy) is 1. The van der Waals surface area contributed by atoms with E-state index < -0.39 is 0 Å². The van der Waals surface area contributed by atoms with E-state index in [1.807, 2.05) is 12.2 Å². The highest BCUT2D eigenvalue weighted by molar-refractivity contribution is 6.05. The molecule has 1 fully saturated rings. The van der Waals surface area contributed by atoms with E-state index in [0.717, 1.165) is 44.2 Å². The first-order valence-electron chi connectivity index (χ1n) is 6.26. The molecule has 0 atom stereocenters. The molecule has 3 aliphatic heterocycles. The van der Waals surface area contributed by atoms with Gasteiger partial charge in [-0.1, -0.05) is 0 Å². The average Bonchev–Trinajstić information content (AvgIpc) is 2.87. The minimum Gasteiger partial charge on any atom is -0.384 e. The molecule has 0 radical (unpaired) electrons. The Labute approximate surface area is 106 Å². The number of rotatable bonds is 2. The number of nitrogens with zero attached hydrogens (tertiary/aromatic N) is 4. The lowest BCUT2D eigenvalue weighted by Gasteiger charge is -2.34. The van der Waals surface area contributed by atoms with Gasteiger partial charge in [-0.15, -0.1) is 15.7 Å². The molecule has 0 unspecified atom stereocenters. The van der Waals surface area contributed by atoms with Gasteiger partial charge in [-0.05, 0) is 30.9 Å². The Morgan fingerprint density at radius 1 is 1.33 bits per heavy atom. The van der Waals surface area contributed by atoms with E-state index in [4.69, 9.17) is 4.74 Å². The SMILES string of the molecule is COCC1CCN(C2=NN3NNN=C3C=C2)CC1. The summed E-state index contributed by atoms with van der Waals surface area (Å²) in [5.74, 6) is 2.46. The fraction of sp³-hybridized carbons (Fsp3) is 0.636. The number of hydrazone groups is 2. The summed E-state index contributed by atoms with van der Waals surface area (Å²) in [5, 5.41) is 10.2. The largest absolute Gasteiger partial charge is 0.384 e. The van der Waals surface area contributed by atoms with Crippen molar-refractivity contribution in [1.29, 1.82) is 0 Å². The number of fused-ring (bicyclic) bond motifs is 1. The number of nitrogens with one attached hydrogen (secondary N) is 2. The van der Waals surface area contributed by atoms with Crippen molar-refractivity contribution in [3.8, 4) is 0 Å². The maximum Gasteiger partial charge on any atom is 0.189 e. The molecular formula is C11H18N6O.